The van der Waals surface area contributed by atoms with E-state index >= 15 is 0 Å². The van der Waals surface area contributed by atoms with Crippen molar-refractivity contribution in [3.8, 4) is 0 Å². The highest BCUT2D eigenvalue weighted by molar-refractivity contribution is 5.89. The maximum absolute atomic E-state index is 12.0. The highest BCUT2D eigenvalue weighted by atomic mass is 16.6. The van der Waals surface area contributed by atoms with Crippen LogP contribution in [0.3, 0.4) is 0 Å². The molecule has 1 aromatic rings. The van der Waals surface area contributed by atoms with Gasteiger partial charge in [0.1, 0.15) is 13.2 Å². The molecule has 1 rings (SSSR count). The molecular weight excluding hydrogens is 402 g/mol. The molecule has 0 amide bonds. The molecule has 174 valence electrons. The largest absolute Gasteiger partial charge is 0.460 e. The van der Waals surface area contributed by atoms with Crippen LogP contribution in [0.2, 0.25) is 0 Å². The number of unbranched alkanes of at least 4 members (excludes halogenated alkanes) is 1. The molecule has 0 radical (unpaired) electrons. The molecular formula is C23H35NO7. The normalized spacial score (nSPS) is 10.5. The highest BCUT2D eigenvalue weighted by Gasteiger charge is 2.06. The zero-order valence-electron chi connectivity index (χ0n) is 18.7. The van der Waals surface area contributed by atoms with Crippen molar-refractivity contribution < 1.29 is 33.3 Å². The van der Waals surface area contributed by atoms with Gasteiger partial charge < -0.3 is 29.0 Å². The summed E-state index contributed by atoms with van der Waals surface area (Å²) >= 11 is 0. The minimum absolute atomic E-state index is 0.182. The van der Waals surface area contributed by atoms with Gasteiger partial charge in [-0.25, -0.2) is 9.59 Å². The Morgan fingerprint density at radius 1 is 0.839 bits per heavy atom. The summed E-state index contributed by atoms with van der Waals surface area (Å²) in [5.74, 6) is -0.790. The smallest absolute Gasteiger partial charge is 0.338 e. The third-order valence-electron chi connectivity index (χ3n) is 3.99. The van der Waals surface area contributed by atoms with Gasteiger partial charge in [0.2, 0.25) is 0 Å². The summed E-state index contributed by atoms with van der Waals surface area (Å²) in [5.41, 5.74) is 1.87. The molecule has 0 aromatic heterocycles. The van der Waals surface area contributed by atoms with E-state index < -0.39 is 5.97 Å². The summed E-state index contributed by atoms with van der Waals surface area (Å²) in [4.78, 5) is 23.1. The highest BCUT2D eigenvalue weighted by Crippen LogP contribution is 2.10. The molecule has 1 aromatic carbocycles. The van der Waals surface area contributed by atoms with Crippen LogP contribution in [0.15, 0.2) is 36.4 Å². The van der Waals surface area contributed by atoms with Gasteiger partial charge in [-0.15, -0.1) is 0 Å². The molecule has 0 atom stereocenters. The zero-order valence-corrected chi connectivity index (χ0v) is 18.7. The Morgan fingerprint density at radius 2 is 1.35 bits per heavy atom. The molecule has 0 aliphatic rings. The fraction of sp³-hybridized carbons (Fsp3) is 0.565. The summed E-state index contributed by atoms with van der Waals surface area (Å²) < 4.78 is 26.1. The summed E-state index contributed by atoms with van der Waals surface area (Å²) in [6, 6.07) is 7.24. The van der Waals surface area contributed by atoms with Gasteiger partial charge in [0, 0.05) is 17.8 Å². The molecule has 0 heterocycles. The SMILES string of the molecule is C=C(C)C(=O)OCCOCCOCCOCCOC(=O)c1ccc(NCCCC)cc1. The number of hydrogen-bond donors (Lipinski definition) is 1. The van der Waals surface area contributed by atoms with Crippen molar-refractivity contribution in [3.05, 3.63) is 42.0 Å². The summed E-state index contributed by atoms with van der Waals surface area (Å²) in [5, 5.41) is 3.30. The number of carbonyl (C=O) groups excluding carboxylic acids is 2. The van der Waals surface area contributed by atoms with E-state index in [9.17, 15) is 9.59 Å². The van der Waals surface area contributed by atoms with Crippen LogP contribution in [0.25, 0.3) is 0 Å². The van der Waals surface area contributed by atoms with Gasteiger partial charge in [0.25, 0.3) is 0 Å². The van der Waals surface area contributed by atoms with Gasteiger partial charge in [0.05, 0.1) is 45.2 Å². The first kappa shape index (κ1) is 26.6. The van der Waals surface area contributed by atoms with E-state index in [1.807, 2.05) is 12.1 Å². The molecule has 8 heteroatoms. The van der Waals surface area contributed by atoms with Gasteiger partial charge >= 0.3 is 11.9 Å². The van der Waals surface area contributed by atoms with E-state index in [2.05, 4.69) is 18.8 Å². The van der Waals surface area contributed by atoms with Crippen molar-refractivity contribution in [2.75, 3.05) is 64.7 Å². The van der Waals surface area contributed by atoms with Crippen LogP contribution in [-0.4, -0.2) is 71.3 Å². The van der Waals surface area contributed by atoms with Crippen molar-refractivity contribution in [1.29, 1.82) is 0 Å². The van der Waals surface area contributed by atoms with E-state index in [0.29, 0.717) is 50.8 Å². The van der Waals surface area contributed by atoms with Gasteiger partial charge in [-0.05, 0) is 37.6 Å². The van der Waals surface area contributed by atoms with Crippen molar-refractivity contribution in [3.63, 3.8) is 0 Å². The number of hydrogen-bond acceptors (Lipinski definition) is 8. The molecule has 1 N–H and O–H groups in total. The van der Waals surface area contributed by atoms with Gasteiger partial charge in [0.15, 0.2) is 0 Å². The first-order valence-corrected chi connectivity index (χ1v) is 10.6. The van der Waals surface area contributed by atoms with E-state index in [4.69, 9.17) is 23.7 Å². The second-order valence-corrected chi connectivity index (χ2v) is 6.75. The Morgan fingerprint density at radius 3 is 1.87 bits per heavy atom. The van der Waals surface area contributed by atoms with Crippen LogP contribution in [-0.2, 0) is 28.5 Å². The van der Waals surface area contributed by atoms with Crippen LogP contribution in [0.4, 0.5) is 5.69 Å². The predicted molar refractivity (Wildman–Crippen MR) is 118 cm³/mol. The lowest BCUT2D eigenvalue weighted by Gasteiger charge is -2.09. The summed E-state index contributed by atoms with van der Waals surface area (Å²) in [6.07, 6.45) is 2.24. The molecule has 0 saturated heterocycles. The Balaban J connectivity index is 1.94. The fourth-order valence-electron chi connectivity index (χ4n) is 2.27. The predicted octanol–water partition coefficient (Wildman–Crippen LogP) is 3.22. The molecule has 0 bridgehead atoms. The number of benzene rings is 1. The Kier molecular flexibility index (Phi) is 14.8. The van der Waals surface area contributed by atoms with E-state index in [1.165, 1.54) is 0 Å². The maximum atomic E-state index is 12.0. The average Bonchev–Trinajstić information content (AvgIpc) is 2.77. The number of anilines is 1. The summed E-state index contributed by atoms with van der Waals surface area (Å²) in [7, 11) is 0. The van der Waals surface area contributed by atoms with Crippen LogP contribution in [0.5, 0.6) is 0 Å². The number of esters is 2. The maximum Gasteiger partial charge on any atom is 0.338 e. The van der Waals surface area contributed by atoms with Crippen molar-refractivity contribution >= 4 is 17.6 Å². The van der Waals surface area contributed by atoms with Crippen LogP contribution in [0, 0.1) is 0 Å². The molecule has 0 unspecified atom stereocenters. The minimum Gasteiger partial charge on any atom is -0.460 e. The lowest BCUT2D eigenvalue weighted by atomic mass is 10.2. The Labute approximate surface area is 184 Å². The van der Waals surface area contributed by atoms with Crippen molar-refractivity contribution in [2.24, 2.45) is 0 Å². The number of ether oxygens (including phenoxy) is 5. The van der Waals surface area contributed by atoms with Gasteiger partial charge in [-0.1, -0.05) is 19.9 Å². The van der Waals surface area contributed by atoms with E-state index in [0.717, 1.165) is 25.1 Å². The van der Waals surface area contributed by atoms with E-state index in [-0.39, 0.29) is 19.2 Å². The first-order valence-electron chi connectivity index (χ1n) is 10.6. The third-order valence-corrected chi connectivity index (χ3v) is 3.99. The van der Waals surface area contributed by atoms with E-state index in [1.54, 1.807) is 19.1 Å². The monoisotopic (exact) mass is 437 g/mol. The fourth-order valence-corrected chi connectivity index (χ4v) is 2.27. The Bertz CT molecular complexity index is 646. The molecule has 0 spiro atoms. The van der Waals surface area contributed by atoms with Gasteiger partial charge in [-0.3, -0.25) is 0 Å². The topological polar surface area (TPSA) is 92.3 Å². The lowest BCUT2D eigenvalue weighted by molar-refractivity contribution is -0.140. The second-order valence-electron chi connectivity index (χ2n) is 6.75. The molecule has 31 heavy (non-hydrogen) atoms. The minimum atomic E-state index is -0.421. The van der Waals surface area contributed by atoms with Crippen LogP contribution >= 0.6 is 0 Å². The molecule has 0 fully saturated rings. The zero-order chi connectivity index (χ0) is 22.7. The first-order chi connectivity index (χ1) is 15.0. The molecule has 0 saturated carbocycles. The van der Waals surface area contributed by atoms with Crippen LogP contribution in [0.1, 0.15) is 37.0 Å². The molecule has 0 aliphatic carbocycles. The quantitative estimate of drug-likeness (QED) is 0.213. The number of nitrogens with one attached hydrogen (secondary N) is 1. The third kappa shape index (κ3) is 13.5. The molecule has 0 aliphatic heterocycles. The standard InChI is InChI=1S/C23H35NO7/c1-4-5-10-24-21-8-6-20(7-9-21)23(26)31-18-16-29-14-12-27-11-13-28-15-17-30-22(25)19(2)3/h6-9,24H,2,4-5,10-18H2,1,3H3. The molecule has 8 nitrogen and oxygen atoms in total. The van der Waals surface area contributed by atoms with Crippen molar-refractivity contribution in [2.45, 2.75) is 26.7 Å². The average molecular weight is 438 g/mol. The van der Waals surface area contributed by atoms with Crippen LogP contribution < -0.4 is 5.32 Å². The second kappa shape index (κ2) is 17.3. The number of rotatable bonds is 18. The number of carbonyl (C=O) groups is 2. The Hall–Kier alpha value is -2.42. The summed E-state index contributed by atoms with van der Waals surface area (Å²) in [6.45, 7) is 10.7. The van der Waals surface area contributed by atoms with Crippen molar-refractivity contribution in [1.82, 2.24) is 0 Å². The lowest BCUT2D eigenvalue weighted by Crippen LogP contribution is -2.15. The van der Waals surface area contributed by atoms with Gasteiger partial charge in [-0.2, -0.15) is 0 Å².